The van der Waals surface area contributed by atoms with Gasteiger partial charge in [-0.1, -0.05) is 58.1 Å². The van der Waals surface area contributed by atoms with Crippen molar-refractivity contribution in [1.82, 2.24) is 15.5 Å². The zero-order valence-electron chi connectivity index (χ0n) is 32.6. The predicted molar refractivity (Wildman–Crippen MR) is 211 cm³/mol. The van der Waals surface area contributed by atoms with E-state index >= 15 is 0 Å². The van der Waals surface area contributed by atoms with Crippen LogP contribution in [0.2, 0.25) is 0 Å². The highest BCUT2D eigenvalue weighted by Gasteiger charge is 2.33. The molecule has 0 saturated carbocycles. The van der Waals surface area contributed by atoms with Crippen LogP contribution in [0.15, 0.2) is 36.4 Å². The number of hydrogen-bond donors (Lipinski definition) is 4. The lowest BCUT2D eigenvalue weighted by molar-refractivity contribution is -0.139. The summed E-state index contributed by atoms with van der Waals surface area (Å²) in [5, 5.41) is 15.5. The minimum absolute atomic E-state index is 0.0166. The van der Waals surface area contributed by atoms with Crippen LogP contribution in [-0.4, -0.2) is 80.8 Å². The maximum Gasteiger partial charge on any atom is 0.223 e. The molecule has 2 aromatic rings. The molecule has 3 atom stereocenters. The topological polar surface area (TPSA) is 190 Å². The van der Waals surface area contributed by atoms with Gasteiger partial charge in [-0.2, -0.15) is 5.26 Å². The predicted octanol–water partition coefficient (Wildman–Crippen LogP) is 5.16. The molecule has 2 amide bonds. The molecule has 0 radical (unpaired) electrons. The Hall–Kier alpha value is -4.31. The van der Waals surface area contributed by atoms with E-state index in [0.29, 0.717) is 34.6 Å². The van der Waals surface area contributed by atoms with Gasteiger partial charge in [0, 0.05) is 62.9 Å². The van der Waals surface area contributed by atoms with E-state index < -0.39 is 23.9 Å². The number of ketones is 2. The van der Waals surface area contributed by atoms with E-state index in [1.54, 1.807) is 32.2 Å². The van der Waals surface area contributed by atoms with Gasteiger partial charge in [0.2, 0.25) is 11.8 Å². The first-order valence-electron chi connectivity index (χ1n) is 19.8. The Kier molecular flexibility index (Phi) is 19.7. The van der Waals surface area contributed by atoms with Gasteiger partial charge in [-0.05, 0) is 74.2 Å². The third-order valence-electron chi connectivity index (χ3n) is 9.77. The van der Waals surface area contributed by atoms with Crippen molar-refractivity contribution in [3.8, 4) is 28.7 Å². The van der Waals surface area contributed by atoms with E-state index in [2.05, 4.69) is 17.6 Å². The smallest absolute Gasteiger partial charge is 0.223 e. The first kappa shape index (κ1) is 44.1. The SMILES string of the molecule is CCCCCCCCNCCCCC(=O)N(C)[C@@H]1C(=O)C[C@@H](C)C(=O)N[C@H](C(=O)CCC#N)Cc2ccc(OCCN)c(c2)-c2cc1ccc2OCCN. The number of nitrogens with zero attached hydrogens (tertiary/aromatic N) is 2. The molecule has 296 valence electrons. The fourth-order valence-corrected chi connectivity index (χ4v) is 6.71. The van der Waals surface area contributed by atoms with Crippen molar-refractivity contribution in [3.05, 3.63) is 47.5 Å². The van der Waals surface area contributed by atoms with Crippen LogP contribution < -0.4 is 31.6 Å². The van der Waals surface area contributed by atoms with E-state index in [-0.39, 0.29) is 75.9 Å². The maximum absolute atomic E-state index is 14.3. The van der Waals surface area contributed by atoms with Gasteiger partial charge in [-0.15, -0.1) is 0 Å². The first-order chi connectivity index (χ1) is 26.1. The van der Waals surface area contributed by atoms with Crippen LogP contribution in [0.25, 0.3) is 11.1 Å². The molecule has 0 saturated heterocycles. The van der Waals surface area contributed by atoms with Crippen LogP contribution >= 0.6 is 0 Å². The number of carbonyl (C=O) groups excluding carboxylic acids is 4. The van der Waals surface area contributed by atoms with Crippen molar-refractivity contribution in [2.75, 3.05) is 46.4 Å². The summed E-state index contributed by atoms with van der Waals surface area (Å²) in [5.74, 6) is -0.999. The second-order valence-corrected chi connectivity index (χ2v) is 14.2. The zero-order valence-corrected chi connectivity index (χ0v) is 32.6. The van der Waals surface area contributed by atoms with E-state index in [4.69, 9.17) is 26.2 Å². The molecule has 3 rings (SSSR count). The van der Waals surface area contributed by atoms with Crippen molar-refractivity contribution >= 4 is 23.4 Å². The fraction of sp³-hybridized carbons (Fsp3) is 0.595. The highest BCUT2D eigenvalue weighted by molar-refractivity contribution is 5.95. The Morgan fingerprint density at radius 2 is 1.52 bits per heavy atom. The summed E-state index contributed by atoms with van der Waals surface area (Å²) in [6.45, 7) is 6.67. The molecule has 12 nitrogen and oxygen atoms in total. The van der Waals surface area contributed by atoms with Crippen molar-refractivity contribution in [1.29, 1.82) is 5.26 Å². The molecular formula is C42H62N6O6. The molecule has 4 bridgehead atoms. The highest BCUT2D eigenvalue weighted by atomic mass is 16.5. The van der Waals surface area contributed by atoms with Crippen LogP contribution in [0, 0.1) is 17.2 Å². The molecule has 0 spiro atoms. The van der Waals surface area contributed by atoms with Gasteiger partial charge in [0.1, 0.15) is 30.8 Å². The largest absolute Gasteiger partial charge is 0.492 e. The number of nitrogens with two attached hydrogens (primary N) is 2. The highest BCUT2D eigenvalue weighted by Crippen LogP contribution is 2.40. The third kappa shape index (κ3) is 13.8. The molecule has 0 unspecified atom stereocenters. The summed E-state index contributed by atoms with van der Waals surface area (Å²) >= 11 is 0. The lowest BCUT2D eigenvalue weighted by Gasteiger charge is -2.30. The van der Waals surface area contributed by atoms with Crippen molar-refractivity contribution < 1.29 is 28.7 Å². The summed E-state index contributed by atoms with van der Waals surface area (Å²) in [7, 11) is 1.63. The van der Waals surface area contributed by atoms with Crippen LogP contribution in [0.3, 0.4) is 0 Å². The number of ether oxygens (including phenoxy) is 2. The average Bonchev–Trinajstić information content (AvgIpc) is 3.17. The van der Waals surface area contributed by atoms with E-state index in [1.807, 2.05) is 24.3 Å². The number of Topliss-reactive ketones (excluding diaryl/α,β-unsaturated/α-hetero) is 2. The van der Waals surface area contributed by atoms with Crippen molar-refractivity contribution in [2.45, 2.75) is 109 Å². The molecule has 12 heteroatoms. The molecule has 6 N–H and O–H groups in total. The Bertz CT molecular complexity index is 1560. The number of likely N-dealkylation sites (N-methyl/N-ethyl adjacent to an activating group) is 1. The molecule has 1 aliphatic heterocycles. The van der Waals surface area contributed by atoms with E-state index in [9.17, 15) is 19.2 Å². The second-order valence-electron chi connectivity index (χ2n) is 14.2. The van der Waals surface area contributed by atoms with Crippen molar-refractivity contribution in [2.24, 2.45) is 17.4 Å². The summed E-state index contributed by atoms with van der Waals surface area (Å²) in [5.41, 5.74) is 14.2. The minimum atomic E-state index is -0.992. The van der Waals surface area contributed by atoms with Crippen molar-refractivity contribution in [3.63, 3.8) is 0 Å². The number of fused-ring (bicyclic) bond motifs is 5. The Morgan fingerprint density at radius 3 is 2.19 bits per heavy atom. The average molecular weight is 747 g/mol. The zero-order chi connectivity index (χ0) is 39.3. The third-order valence-corrected chi connectivity index (χ3v) is 9.77. The summed E-state index contributed by atoms with van der Waals surface area (Å²) < 4.78 is 12.2. The number of unbranched alkanes of at least 4 members (excludes halogenated alkanes) is 6. The summed E-state index contributed by atoms with van der Waals surface area (Å²) in [4.78, 5) is 56.4. The minimum Gasteiger partial charge on any atom is -0.492 e. The van der Waals surface area contributed by atoms with Crippen LogP contribution in [0.4, 0.5) is 0 Å². The van der Waals surface area contributed by atoms with Gasteiger partial charge in [0.25, 0.3) is 0 Å². The monoisotopic (exact) mass is 746 g/mol. The first-order valence-corrected chi connectivity index (χ1v) is 19.8. The van der Waals surface area contributed by atoms with Gasteiger partial charge >= 0.3 is 0 Å². The summed E-state index contributed by atoms with van der Waals surface area (Å²) in [6.07, 6.45) is 9.22. The second kappa shape index (κ2) is 24.2. The molecule has 0 aliphatic carbocycles. The molecule has 2 aromatic carbocycles. The Balaban J connectivity index is 1.97. The molecule has 54 heavy (non-hydrogen) atoms. The quantitative estimate of drug-likeness (QED) is 0.117. The number of benzene rings is 2. The molecule has 1 heterocycles. The van der Waals surface area contributed by atoms with Gasteiger partial charge in [-0.3, -0.25) is 19.2 Å². The van der Waals surface area contributed by atoms with Gasteiger partial charge < -0.3 is 36.5 Å². The maximum atomic E-state index is 14.3. The lowest BCUT2D eigenvalue weighted by atomic mass is 9.89. The van der Waals surface area contributed by atoms with E-state index in [1.165, 1.54) is 37.0 Å². The molecular weight excluding hydrogens is 684 g/mol. The Labute approximate surface area is 321 Å². The standard InChI is InChI=1S/C42H62N6O6/c1-4-5-6-7-8-10-22-46-23-11-9-14-40(51)48(3)41-32-16-18-39(54-25-21-45)34(29-32)33-27-31(15-17-38(33)53-24-20-44)28-35(36(49)13-12-19-43)47-42(52)30(2)26-37(41)50/h15-18,27,29-30,35,41,46H,4-14,20-26,28,44-45H2,1-3H3,(H,47,52)/t30-,35+,41+/m1/s1. The summed E-state index contributed by atoms with van der Waals surface area (Å²) in [6, 6.07) is 11.0. The van der Waals surface area contributed by atoms with Crippen LogP contribution in [0.5, 0.6) is 11.5 Å². The normalized spacial score (nSPS) is 17.2. The van der Waals surface area contributed by atoms with Gasteiger partial charge in [-0.25, -0.2) is 0 Å². The van der Waals surface area contributed by atoms with E-state index in [0.717, 1.165) is 31.5 Å². The number of amides is 2. The number of rotatable bonds is 22. The fourth-order valence-electron chi connectivity index (χ4n) is 6.71. The van der Waals surface area contributed by atoms with Crippen LogP contribution in [0.1, 0.15) is 108 Å². The van der Waals surface area contributed by atoms with Crippen LogP contribution in [-0.2, 0) is 25.6 Å². The van der Waals surface area contributed by atoms with Gasteiger partial charge in [0.05, 0.1) is 12.1 Å². The Morgan fingerprint density at radius 1 is 0.889 bits per heavy atom. The molecule has 0 aromatic heterocycles. The van der Waals surface area contributed by atoms with Gasteiger partial charge in [0.15, 0.2) is 11.6 Å². The molecule has 1 aliphatic rings. The number of hydrogen-bond acceptors (Lipinski definition) is 10. The molecule has 0 fully saturated rings. The number of nitrogens with one attached hydrogen (secondary N) is 2. The number of nitriles is 1. The number of carbonyl (C=O) groups is 4. The lowest BCUT2D eigenvalue weighted by Crippen LogP contribution is -2.45.